The largest absolute Gasteiger partial charge is 0.354 e. The van der Waals surface area contributed by atoms with E-state index >= 15 is 0 Å². The summed E-state index contributed by atoms with van der Waals surface area (Å²) in [5.41, 5.74) is 1.50. The lowest BCUT2D eigenvalue weighted by Crippen LogP contribution is -2.50. The lowest BCUT2D eigenvalue weighted by Gasteiger charge is -2.32. The fourth-order valence-electron chi connectivity index (χ4n) is 4.51. The number of anilines is 1. The van der Waals surface area contributed by atoms with E-state index in [0.29, 0.717) is 23.6 Å². The summed E-state index contributed by atoms with van der Waals surface area (Å²) in [6.07, 6.45) is 3.07. The molecular formula is C31H37ClFN3O4S. The van der Waals surface area contributed by atoms with Crippen molar-refractivity contribution in [3.8, 4) is 0 Å². The number of nitrogens with zero attached hydrogens (tertiary/aromatic N) is 2. The van der Waals surface area contributed by atoms with Gasteiger partial charge in [-0.1, -0.05) is 85.6 Å². The zero-order valence-corrected chi connectivity index (χ0v) is 25.0. The molecule has 0 saturated heterocycles. The number of rotatable bonds is 15. The molecule has 0 aliphatic heterocycles. The maximum absolute atomic E-state index is 14.5. The van der Waals surface area contributed by atoms with Gasteiger partial charge < -0.3 is 10.2 Å². The molecule has 0 aromatic heterocycles. The third-order valence-corrected chi connectivity index (χ3v) is 8.22. The minimum Gasteiger partial charge on any atom is -0.354 e. The number of para-hydroxylation sites is 1. The Labute approximate surface area is 247 Å². The summed E-state index contributed by atoms with van der Waals surface area (Å²) in [7, 11) is -3.81. The molecule has 3 aromatic rings. The molecule has 0 radical (unpaired) electrons. The highest BCUT2D eigenvalue weighted by atomic mass is 35.5. The second kappa shape index (κ2) is 15.5. The molecule has 1 atom stereocenters. The standard InChI is InChI=1S/C31H37ClFN3O4S/c1-3-4-20-34-31(38)29(22-24-13-6-5-7-14-24)35(23-25-15-8-9-16-26(25)32)30(37)19-12-21-36(41(2,39)40)28-18-11-10-17-27(28)33/h5-11,13-18,29H,3-4,12,19-23H2,1-2H3,(H,34,38)/t29-/m0/s1. The second-order valence-electron chi connectivity index (χ2n) is 9.85. The van der Waals surface area contributed by atoms with E-state index in [0.717, 1.165) is 29.0 Å². The first-order valence-corrected chi connectivity index (χ1v) is 15.9. The van der Waals surface area contributed by atoms with Crippen LogP contribution in [0.4, 0.5) is 10.1 Å². The van der Waals surface area contributed by atoms with Crippen LogP contribution in [0.5, 0.6) is 0 Å². The first-order valence-electron chi connectivity index (χ1n) is 13.7. The van der Waals surface area contributed by atoms with Crippen LogP contribution in [-0.4, -0.2) is 50.5 Å². The molecule has 0 saturated carbocycles. The summed E-state index contributed by atoms with van der Waals surface area (Å²) >= 11 is 6.45. The summed E-state index contributed by atoms with van der Waals surface area (Å²) < 4.78 is 40.4. The molecule has 7 nitrogen and oxygen atoms in total. The first-order chi connectivity index (χ1) is 19.6. The van der Waals surface area contributed by atoms with Crippen molar-refractivity contribution in [2.45, 2.75) is 51.6 Å². The third kappa shape index (κ3) is 9.57. The molecule has 0 aliphatic carbocycles. The van der Waals surface area contributed by atoms with Gasteiger partial charge in [0.25, 0.3) is 0 Å². The number of carbonyl (C=O) groups excluding carboxylic acids is 2. The van der Waals surface area contributed by atoms with Gasteiger partial charge in [0.05, 0.1) is 11.9 Å². The fourth-order valence-corrected chi connectivity index (χ4v) is 5.67. The second-order valence-corrected chi connectivity index (χ2v) is 12.2. The number of benzene rings is 3. The Morgan fingerprint density at radius 2 is 1.61 bits per heavy atom. The van der Waals surface area contributed by atoms with E-state index in [9.17, 15) is 22.4 Å². The molecule has 0 fully saturated rings. The van der Waals surface area contributed by atoms with E-state index in [1.807, 2.05) is 43.3 Å². The van der Waals surface area contributed by atoms with Crippen LogP contribution >= 0.6 is 11.6 Å². The van der Waals surface area contributed by atoms with Gasteiger partial charge in [-0.3, -0.25) is 13.9 Å². The van der Waals surface area contributed by atoms with E-state index in [1.165, 1.54) is 23.1 Å². The number of nitrogens with one attached hydrogen (secondary N) is 1. The summed E-state index contributed by atoms with van der Waals surface area (Å²) in [5.74, 6) is -1.28. The number of unbranched alkanes of at least 4 members (excludes halogenated alkanes) is 1. The maximum atomic E-state index is 14.5. The highest BCUT2D eigenvalue weighted by Gasteiger charge is 2.31. The minimum absolute atomic E-state index is 0.0571. The van der Waals surface area contributed by atoms with Crippen molar-refractivity contribution >= 4 is 39.1 Å². The van der Waals surface area contributed by atoms with Gasteiger partial charge >= 0.3 is 0 Å². The molecule has 41 heavy (non-hydrogen) atoms. The number of carbonyl (C=O) groups is 2. The van der Waals surface area contributed by atoms with Crippen molar-refractivity contribution in [3.05, 3.63) is 101 Å². The molecule has 220 valence electrons. The summed E-state index contributed by atoms with van der Waals surface area (Å²) in [4.78, 5) is 28.8. The SMILES string of the molecule is CCCCNC(=O)[C@H](Cc1ccccc1)N(Cc1ccccc1Cl)C(=O)CCCN(c1ccccc1F)S(C)(=O)=O. The van der Waals surface area contributed by atoms with E-state index < -0.39 is 21.9 Å². The van der Waals surface area contributed by atoms with Gasteiger partial charge in [-0.2, -0.15) is 0 Å². The van der Waals surface area contributed by atoms with Gasteiger partial charge in [0.15, 0.2) is 0 Å². The van der Waals surface area contributed by atoms with Crippen molar-refractivity contribution in [1.29, 1.82) is 0 Å². The van der Waals surface area contributed by atoms with Gasteiger partial charge in [-0.05, 0) is 42.2 Å². The zero-order chi connectivity index (χ0) is 29.8. The predicted molar refractivity (Wildman–Crippen MR) is 162 cm³/mol. The van der Waals surface area contributed by atoms with Gasteiger partial charge in [-0.15, -0.1) is 0 Å². The van der Waals surface area contributed by atoms with E-state index in [4.69, 9.17) is 11.6 Å². The molecule has 0 unspecified atom stereocenters. The molecule has 0 heterocycles. The number of amides is 2. The Morgan fingerprint density at radius 1 is 0.951 bits per heavy atom. The molecule has 0 spiro atoms. The van der Waals surface area contributed by atoms with E-state index in [-0.39, 0.29) is 43.4 Å². The average Bonchev–Trinajstić information content (AvgIpc) is 2.94. The number of hydrogen-bond acceptors (Lipinski definition) is 4. The summed E-state index contributed by atoms with van der Waals surface area (Å²) in [6.45, 7) is 2.51. The molecule has 1 N–H and O–H groups in total. The Morgan fingerprint density at radius 3 is 2.27 bits per heavy atom. The van der Waals surface area contributed by atoms with Gasteiger partial charge in [0.1, 0.15) is 11.9 Å². The van der Waals surface area contributed by atoms with Crippen LogP contribution in [-0.2, 0) is 32.6 Å². The van der Waals surface area contributed by atoms with Crippen LogP contribution in [0.15, 0.2) is 78.9 Å². The van der Waals surface area contributed by atoms with Crippen LogP contribution in [0.3, 0.4) is 0 Å². The Balaban J connectivity index is 1.88. The molecule has 3 aromatic carbocycles. The maximum Gasteiger partial charge on any atom is 0.243 e. The van der Waals surface area contributed by atoms with Crippen LogP contribution in [0.1, 0.15) is 43.7 Å². The smallest absolute Gasteiger partial charge is 0.243 e. The van der Waals surface area contributed by atoms with Gasteiger partial charge in [0, 0.05) is 37.5 Å². The molecule has 2 amide bonds. The Hall–Kier alpha value is -3.43. The highest BCUT2D eigenvalue weighted by Crippen LogP contribution is 2.24. The van der Waals surface area contributed by atoms with Crippen molar-refractivity contribution in [3.63, 3.8) is 0 Å². The monoisotopic (exact) mass is 601 g/mol. The Kier molecular flexibility index (Phi) is 12.2. The number of sulfonamides is 1. The van der Waals surface area contributed by atoms with Crippen molar-refractivity contribution in [2.75, 3.05) is 23.7 Å². The lowest BCUT2D eigenvalue weighted by molar-refractivity contribution is -0.141. The topological polar surface area (TPSA) is 86.8 Å². The van der Waals surface area contributed by atoms with Crippen molar-refractivity contribution in [2.24, 2.45) is 0 Å². The lowest BCUT2D eigenvalue weighted by atomic mass is 10.0. The molecule has 3 rings (SSSR count). The molecule has 10 heteroatoms. The van der Waals surface area contributed by atoms with Crippen LogP contribution < -0.4 is 9.62 Å². The average molecular weight is 602 g/mol. The van der Waals surface area contributed by atoms with Crippen LogP contribution in [0, 0.1) is 5.82 Å². The minimum atomic E-state index is -3.81. The first kappa shape index (κ1) is 32.1. The van der Waals surface area contributed by atoms with Gasteiger partial charge in [-0.25, -0.2) is 12.8 Å². The molecular weight excluding hydrogens is 565 g/mol. The summed E-state index contributed by atoms with van der Waals surface area (Å²) in [5, 5.41) is 3.44. The van der Waals surface area contributed by atoms with Crippen molar-refractivity contribution < 1.29 is 22.4 Å². The predicted octanol–water partition coefficient (Wildman–Crippen LogP) is 5.58. The quantitative estimate of drug-likeness (QED) is 0.230. The van der Waals surface area contributed by atoms with E-state index in [1.54, 1.807) is 24.3 Å². The van der Waals surface area contributed by atoms with Crippen LogP contribution in [0.2, 0.25) is 5.02 Å². The fraction of sp³-hybridized carbons (Fsp3) is 0.355. The van der Waals surface area contributed by atoms with E-state index in [2.05, 4.69) is 5.32 Å². The highest BCUT2D eigenvalue weighted by molar-refractivity contribution is 7.92. The molecule has 0 aliphatic rings. The van der Waals surface area contributed by atoms with Crippen molar-refractivity contribution in [1.82, 2.24) is 10.2 Å². The van der Waals surface area contributed by atoms with Crippen LogP contribution in [0.25, 0.3) is 0 Å². The summed E-state index contributed by atoms with van der Waals surface area (Å²) in [6, 6.07) is 21.4. The Bertz CT molecular complexity index is 1410. The number of halogens is 2. The third-order valence-electron chi connectivity index (χ3n) is 6.67. The zero-order valence-electron chi connectivity index (χ0n) is 23.4. The number of hydrogen-bond donors (Lipinski definition) is 1. The van der Waals surface area contributed by atoms with Gasteiger partial charge in [0.2, 0.25) is 21.8 Å². The molecule has 0 bridgehead atoms. The normalized spacial score (nSPS) is 12.0.